The largest absolute Gasteiger partial charge is 0.494 e. The number of benzene rings is 1. The number of nitrogens with two attached hydrogens (primary N) is 1. The fourth-order valence-electron chi connectivity index (χ4n) is 1.87. The molecule has 2 rings (SSSR count). The molecule has 2 N–H and O–H groups in total. The Labute approximate surface area is 88.6 Å². The summed E-state index contributed by atoms with van der Waals surface area (Å²) in [6.45, 7) is 1.75. The van der Waals surface area contributed by atoms with E-state index in [0.717, 1.165) is 25.2 Å². The van der Waals surface area contributed by atoms with Crippen molar-refractivity contribution in [2.75, 3.05) is 25.1 Å². The number of halogens is 1. The third-order valence-corrected chi connectivity index (χ3v) is 2.72. The number of ether oxygens (including phenoxy) is 1. The van der Waals surface area contributed by atoms with Crippen molar-refractivity contribution in [1.29, 1.82) is 0 Å². The van der Waals surface area contributed by atoms with Crippen LogP contribution in [0.15, 0.2) is 18.2 Å². The van der Waals surface area contributed by atoms with E-state index in [0.29, 0.717) is 0 Å². The summed E-state index contributed by atoms with van der Waals surface area (Å²) in [6.07, 6.45) is 0.986. The molecule has 3 nitrogen and oxygen atoms in total. The number of anilines is 1. The van der Waals surface area contributed by atoms with E-state index >= 15 is 0 Å². The lowest BCUT2D eigenvalue weighted by Crippen LogP contribution is -2.26. The lowest BCUT2D eigenvalue weighted by Gasteiger charge is -2.18. The molecule has 0 aliphatic carbocycles. The first-order valence-corrected chi connectivity index (χ1v) is 5.05. The van der Waals surface area contributed by atoms with E-state index in [9.17, 15) is 4.39 Å². The van der Waals surface area contributed by atoms with Gasteiger partial charge in [0.15, 0.2) is 11.6 Å². The Morgan fingerprint density at radius 3 is 2.93 bits per heavy atom. The highest BCUT2D eigenvalue weighted by molar-refractivity contribution is 5.52. The van der Waals surface area contributed by atoms with E-state index in [-0.39, 0.29) is 17.6 Å². The van der Waals surface area contributed by atoms with Crippen LogP contribution in [0, 0.1) is 5.82 Å². The molecule has 82 valence electrons. The lowest BCUT2D eigenvalue weighted by atomic mass is 10.2. The monoisotopic (exact) mass is 210 g/mol. The minimum Gasteiger partial charge on any atom is -0.494 e. The summed E-state index contributed by atoms with van der Waals surface area (Å²) in [7, 11) is 1.47. The molecule has 1 unspecified atom stereocenters. The van der Waals surface area contributed by atoms with E-state index < -0.39 is 0 Å². The minimum absolute atomic E-state index is 0.223. The van der Waals surface area contributed by atoms with Crippen molar-refractivity contribution in [1.82, 2.24) is 0 Å². The molecular weight excluding hydrogens is 195 g/mol. The van der Waals surface area contributed by atoms with Gasteiger partial charge in [0, 0.05) is 30.9 Å². The molecule has 1 aliphatic heterocycles. The molecule has 1 atom stereocenters. The third kappa shape index (κ3) is 2.04. The maximum Gasteiger partial charge on any atom is 0.165 e. The van der Waals surface area contributed by atoms with E-state index in [2.05, 4.69) is 4.90 Å². The van der Waals surface area contributed by atoms with Crippen LogP contribution < -0.4 is 15.4 Å². The van der Waals surface area contributed by atoms with Crippen molar-refractivity contribution in [2.45, 2.75) is 12.5 Å². The zero-order chi connectivity index (χ0) is 10.8. The van der Waals surface area contributed by atoms with E-state index in [1.807, 2.05) is 0 Å². The number of hydrogen-bond donors (Lipinski definition) is 1. The standard InChI is InChI=1S/C11H15FN2O/c1-15-11-6-9(2-3-10(11)12)14-5-4-8(13)7-14/h2-3,6,8H,4-5,7,13H2,1H3. The molecule has 1 heterocycles. The second kappa shape index (κ2) is 4.06. The third-order valence-electron chi connectivity index (χ3n) is 2.72. The molecule has 0 saturated carbocycles. The summed E-state index contributed by atoms with van der Waals surface area (Å²) >= 11 is 0. The van der Waals surface area contributed by atoms with Crippen molar-refractivity contribution in [2.24, 2.45) is 5.73 Å². The maximum absolute atomic E-state index is 13.2. The summed E-state index contributed by atoms with van der Waals surface area (Å²) in [5, 5.41) is 0. The molecule has 1 saturated heterocycles. The van der Waals surface area contributed by atoms with E-state index in [1.165, 1.54) is 13.2 Å². The highest BCUT2D eigenvalue weighted by Crippen LogP contribution is 2.26. The van der Waals surface area contributed by atoms with Crippen LogP contribution in [0.4, 0.5) is 10.1 Å². The van der Waals surface area contributed by atoms with Crippen LogP contribution >= 0.6 is 0 Å². The normalized spacial score (nSPS) is 20.7. The van der Waals surface area contributed by atoms with Crippen molar-refractivity contribution in [3.8, 4) is 5.75 Å². The van der Waals surface area contributed by atoms with Crippen LogP contribution in [0.2, 0.25) is 0 Å². The van der Waals surface area contributed by atoms with Gasteiger partial charge in [0.2, 0.25) is 0 Å². The van der Waals surface area contributed by atoms with Crippen LogP contribution in [-0.4, -0.2) is 26.2 Å². The molecule has 1 aromatic carbocycles. The maximum atomic E-state index is 13.2. The molecule has 0 bridgehead atoms. The summed E-state index contributed by atoms with van der Waals surface area (Å²) in [5.74, 6) is -0.0438. The van der Waals surface area contributed by atoms with Gasteiger partial charge in [0.1, 0.15) is 0 Å². The van der Waals surface area contributed by atoms with Crippen LogP contribution in [-0.2, 0) is 0 Å². The Bertz CT molecular complexity index is 356. The fourth-order valence-corrected chi connectivity index (χ4v) is 1.87. The number of rotatable bonds is 2. The Kier molecular flexibility index (Phi) is 2.77. The second-order valence-electron chi connectivity index (χ2n) is 3.81. The van der Waals surface area contributed by atoms with Crippen LogP contribution in [0.3, 0.4) is 0 Å². The molecule has 1 aliphatic rings. The van der Waals surface area contributed by atoms with Gasteiger partial charge in [-0.15, -0.1) is 0 Å². The van der Waals surface area contributed by atoms with Gasteiger partial charge in [-0.25, -0.2) is 4.39 Å². The van der Waals surface area contributed by atoms with Gasteiger partial charge in [-0.2, -0.15) is 0 Å². The quantitative estimate of drug-likeness (QED) is 0.801. The van der Waals surface area contributed by atoms with E-state index in [4.69, 9.17) is 10.5 Å². The van der Waals surface area contributed by atoms with Gasteiger partial charge in [0.25, 0.3) is 0 Å². The average Bonchev–Trinajstić information content (AvgIpc) is 2.66. The predicted octanol–water partition coefficient (Wildman–Crippen LogP) is 1.37. The zero-order valence-electron chi connectivity index (χ0n) is 8.74. The van der Waals surface area contributed by atoms with E-state index in [1.54, 1.807) is 12.1 Å². The lowest BCUT2D eigenvalue weighted by molar-refractivity contribution is 0.386. The molecular formula is C11H15FN2O. The van der Waals surface area contributed by atoms with Crippen molar-refractivity contribution in [3.05, 3.63) is 24.0 Å². The van der Waals surface area contributed by atoms with Crippen molar-refractivity contribution < 1.29 is 9.13 Å². The summed E-state index contributed by atoms with van der Waals surface area (Å²) in [4.78, 5) is 2.15. The van der Waals surface area contributed by atoms with Gasteiger partial charge in [-0.3, -0.25) is 0 Å². The molecule has 0 spiro atoms. The number of hydrogen-bond acceptors (Lipinski definition) is 3. The molecule has 0 radical (unpaired) electrons. The Balaban J connectivity index is 2.21. The molecule has 4 heteroatoms. The zero-order valence-corrected chi connectivity index (χ0v) is 8.74. The highest BCUT2D eigenvalue weighted by atomic mass is 19.1. The summed E-state index contributed by atoms with van der Waals surface area (Å²) in [6, 6.07) is 5.13. The summed E-state index contributed by atoms with van der Waals surface area (Å²) in [5.41, 5.74) is 6.79. The molecule has 1 aromatic rings. The minimum atomic E-state index is -0.329. The first kappa shape index (κ1) is 10.2. The molecule has 1 fully saturated rings. The Morgan fingerprint density at radius 2 is 2.33 bits per heavy atom. The SMILES string of the molecule is COc1cc(N2CCC(N)C2)ccc1F. The van der Waals surface area contributed by atoms with Crippen LogP contribution in [0.5, 0.6) is 5.75 Å². The second-order valence-corrected chi connectivity index (χ2v) is 3.81. The predicted molar refractivity (Wildman–Crippen MR) is 57.8 cm³/mol. The van der Waals surface area contributed by atoms with Gasteiger partial charge in [0.05, 0.1) is 7.11 Å². The van der Waals surface area contributed by atoms with Gasteiger partial charge in [-0.1, -0.05) is 0 Å². The smallest absolute Gasteiger partial charge is 0.165 e. The van der Waals surface area contributed by atoms with Gasteiger partial charge in [-0.05, 0) is 18.6 Å². The molecule has 0 aromatic heterocycles. The Hall–Kier alpha value is -1.29. The van der Waals surface area contributed by atoms with Crippen molar-refractivity contribution >= 4 is 5.69 Å². The first-order valence-electron chi connectivity index (χ1n) is 5.05. The average molecular weight is 210 g/mol. The summed E-state index contributed by atoms with van der Waals surface area (Å²) < 4.78 is 18.1. The molecule has 0 amide bonds. The highest BCUT2D eigenvalue weighted by Gasteiger charge is 2.20. The fraction of sp³-hybridized carbons (Fsp3) is 0.455. The number of methoxy groups -OCH3 is 1. The van der Waals surface area contributed by atoms with Gasteiger partial charge < -0.3 is 15.4 Å². The van der Waals surface area contributed by atoms with Crippen molar-refractivity contribution in [3.63, 3.8) is 0 Å². The topological polar surface area (TPSA) is 38.5 Å². The van der Waals surface area contributed by atoms with Gasteiger partial charge >= 0.3 is 0 Å². The Morgan fingerprint density at radius 1 is 1.53 bits per heavy atom. The number of nitrogens with zero attached hydrogens (tertiary/aromatic N) is 1. The molecule has 15 heavy (non-hydrogen) atoms. The first-order chi connectivity index (χ1) is 7.20. The van der Waals surface area contributed by atoms with Crippen LogP contribution in [0.1, 0.15) is 6.42 Å². The van der Waals surface area contributed by atoms with Crippen LogP contribution in [0.25, 0.3) is 0 Å².